The van der Waals surface area contributed by atoms with Crippen LogP contribution in [0.25, 0.3) is 5.52 Å². The van der Waals surface area contributed by atoms with Crippen molar-refractivity contribution < 1.29 is 0 Å². The van der Waals surface area contributed by atoms with E-state index in [1.165, 1.54) is 6.33 Å². The van der Waals surface area contributed by atoms with Gasteiger partial charge in [0.25, 0.3) is 5.56 Å². The van der Waals surface area contributed by atoms with Crippen LogP contribution in [0.3, 0.4) is 0 Å². The lowest BCUT2D eigenvalue weighted by Gasteiger charge is -2.15. The molecule has 0 saturated heterocycles. The van der Waals surface area contributed by atoms with E-state index < -0.39 is 0 Å². The lowest BCUT2D eigenvalue weighted by Crippen LogP contribution is -2.33. The van der Waals surface area contributed by atoms with Crippen molar-refractivity contribution >= 4 is 11.4 Å². The molecule has 0 unspecified atom stereocenters. The Balaban J connectivity index is 2.34. The van der Waals surface area contributed by atoms with Crippen molar-refractivity contribution in [3.05, 3.63) is 34.0 Å². The third-order valence-electron chi connectivity index (χ3n) is 3.29. The van der Waals surface area contributed by atoms with Crippen molar-refractivity contribution in [2.45, 2.75) is 19.8 Å². The Hall–Kier alpha value is -2.15. The standard InChI is InChI=1S/C12H16N6O/c1-7(2)9-8(11-13-5-15-17(11)3)4-18-10(9)12(19)14-6-16-18/h4,6-7,15H,5H2,1-3H3,(H,14,16,19). The molecule has 0 spiro atoms. The van der Waals surface area contributed by atoms with Gasteiger partial charge in [-0.15, -0.1) is 0 Å². The molecular formula is C12H16N6O. The molecule has 2 aromatic rings. The zero-order chi connectivity index (χ0) is 13.6. The van der Waals surface area contributed by atoms with E-state index in [0.717, 1.165) is 17.0 Å². The summed E-state index contributed by atoms with van der Waals surface area (Å²) in [5.74, 6) is 1.05. The molecule has 0 atom stereocenters. The van der Waals surface area contributed by atoms with E-state index in [0.29, 0.717) is 12.2 Å². The maximum atomic E-state index is 12.0. The summed E-state index contributed by atoms with van der Waals surface area (Å²) in [4.78, 5) is 19.1. The molecular weight excluding hydrogens is 244 g/mol. The van der Waals surface area contributed by atoms with Gasteiger partial charge in [-0.25, -0.2) is 14.9 Å². The number of hydrazine groups is 1. The minimum absolute atomic E-state index is 0.126. The first-order valence-corrected chi connectivity index (χ1v) is 6.20. The molecule has 7 heteroatoms. The van der Waals surface area contributed by atoms with Crippen molar-refractivity contribution in [1.82, 2.24) is 25.0 Å². The van der Waals surface area contributed by atoms with Gasteiger partial charge in [0.05, 0.1) is 0 Å². The Labute approximate surface area is 109 Å². The van der Waals surface area contributed by atoms with Crippen LogP contribution in [0.5, 0.6) is 0 Å². The molecule has 1 aliphatic heterocycles. The third kappa shape index (κ3) is 1.74. The monoisotopic (exact) mass is 260 g/mol. The second kappa shape index (κ2) is 4.20. The quantitative estimate of drug-likeness (QED) is 0.814. The van der Waals surface area contributed by atoms with Gasteiger partial charge in [-0.1, -0.05) is 13.8 Å². The Kier molecular flexibility index (Phi) is 2.63. The Morgan fingerprint density at radius 2 is 2.21 bits per heavy atom. The summed E-state index contributed by atoms with van der Waals surface area (Å²) in [7, 11) is 1.91. The minimum Gasteiger partial charge on any atom is -0.310 e. The number of nitrogens with zero attached hydrogens (tertiary/aromatic N) is 4. The molecule has 19 heavy (non-hydrogen) atoms. The van der Waals surface area contributed by atoms with Crippen LogP contribution in [0.4, 0.5) is 0 Å². The van der Waals surface area contributed by atoms with Crippen molar-refractivity contribution in [2.75, 3.05) is 13.7 Å². The second-order valence-corrected chi connectivity index (χ2v) is 4.88. The number of aromatic nitrogens is 3. The van der Waals surface area contributed by atoms with Crippen LogP contribution >= 0.6 is 0 Å². The molecule has 100 valence electrons. The molecule has 0 aromatic carbocycles. The number of aromatic amines is 1. The predicted octanol–water partition coefficient (Wildman–Crippen LogP) is 0.300. The highest BCUT2D eigenvalue weighted by atomic mass is 16.1. The van der Waals surface area contributed by atoms with E-state index in [1.807, 2.05) is 18.3 Å². The van der Waals surface area contributed by atoms with E-state index in [9.17, 15) is 4.79 Å². The molecule has 0 bridgehead atoms. The van der Waals surface area contributed by atoms with E-state index >= 15 is 0 Å². The molecule has 7 nitrogen and oxygen atoms in total. The molecule has 0 radical (unpaired) electrons. The SMILES string of the molecule is CC(C)c1c(C2=NCNN2C)cn2nc[nH]c(=O)c12. The first kappa shape index (κ1) is 11.9. The van der Waals surface area contributed by atoms with Crippen LogP contribution in [0.1, 0.15) is 30.9 Å². The molecule has 1 aliphatic rings. The molecule has 3 heterocycles. The highest BCUT2D eigenvalue weighted by Crippen LogP contribution is 2.25. The maximum Gasteiger partial charge on any atom is 0.275 e. The van der Waals surface area contributed by atoms with Crippen LogP contribution in [0.15, 0.2) is 22.3 Å². The highest BCUT2D eigenvalue weighted by Gasteiger charge is 2.24. The zero-order valence-electron chi connectivity index (χ0n) is 11.1. The number of fused-ring (bicyclic) bond motifs is 1. The van der Waals surface area contributed by atoms with Gasteiger partial charge in [-0.2, -0.15) is 5.10 Å². The van der Waals surface area contributed by atoms with E-state index in [2.05, 4.69) is 34.3 Å². The fraction of sp³-hybridized carbons (Fsp3) is 0.417. The van der Waals surface area contributed by atoms with Gasteiger partial charge in [0.1, 0.15) is 24.3 Å². The highest BCUT2D eigenvalue weighted by molar-refractivity contribution is 6.02. The molecule has 0 fully saturated rings. The summed E-state index contributed by atoms with van der Waals surface area (Å²) in [6.45, 7) is 4.68. The summed E-state index contributed by atoms with van der Waals surface area (Å²) in [6.07, 6.45) is 3.27. The van der Waals surface area contributed by atoms with Crippen molar-refractivity contribution in [2.24, 2.45) is 4.99 Å². The van der Waals surface area contributed by atoms with Crippen LogP contribution in [0.2, 0.25) is 0 Å². The second-order valence-electron chi connectivity index (χ2n) is 4.88. The third-order valence-corrected chi connectivity index (χ3v) is 3.29. The summed E-state index contributed by atoms with van der Waals surface area (Å²) in [5.41, 5.74) is 5.50. The predicted molar refractivity (Wildman–Crippen MR) is 72.2 cm³/mol. The first-order chi connectivity index (χ1) is 9.09. The lowest BCUT2D eigenvalue weighted by atomic mass is 9.99. The van der Waals surface area contributed by atoms with Gasteiger partial charge >= 0.3 is 0 Å². The smallest absolute Gasteiger partial charge is 0.275 e. The van der Waals surface area contributed by atoms with Crippen LogP contribution in [-0.4, -0.2) is 39.2 Å². The number of hydrogen-bond donors (Lipinski definition) is 2. The van der Waals surface area contributed by atoms with Crippen LogP contribution in [-0.2, 0) is 0 Å². The Morgan fingerprint density at radius 3 is 2.84 bits per heavy atom. The molecule has 2 N–H and O–H groups in total. The fourth-order valence-corrected chi connectivity index (χ4v) is 2.47. The van der Waals surface area contributed by atoms with Crippen molar-refractivity contribution in [1.29, 1.82) is 0 Å². The fourth-order valence-electron chi connectivity index (χ4n) is 2.47. The van der Waals surface area contributed by atoms with Gasteiger partial charge in [-0.05, 0) is 11.5 Å². The number of rotatable bonds is 2. The summed E-state index contributed by atoms with van der Waals surface area (Å²) in [5, 5.41) is 6.04. The molecule has 0 saturated carbocycles. The molecule has 2 aromatic heterocycles. The number of H-pyrrole nitrogens is 1. The first-order valence-electron chi connectivity index (χ1n) is 6.20. The number of aliphatic imine (C=N–C) groups is 1. The van der Waals surface area contributed by atoms with Gasteiger partial charge in [-0.3, -0.25) is 9.80 Å². The van der Waals surface area contributed by atoms with Crippen LogP contribution in [0, 0.1) is 0 Å². The van der Waals surface area contributed by atoms with Crippen LogP contribution < -0.4 is 11.0 Å². The molecule has 0 aliphatic carbocycles. The van der Waals surface area contributed by atoms with E-state index in [-0.39, 0.29) is 11.5 Å². The van der Waals surface area contributed by atoms with E-state index in [4.69, 9.17) is 0 Å². The number of hydrogen-bond acceptors (Lipinski definition) is 5. The summed E-state index contributed by atoms with van der Waals surface area (Å²) >= 11 is 0. The minimum atomic E-state index is -0.126. The zero-order valence-corrected chi connectivity index (χ0v) is 11.1. The average molecular weight is 260 g/mol. The Morgan fingerprint density at radius 1 is 1.42 bits per heavy atom. The lowest BCUT2D eigenvalue weighted by molar-refractivity contribution is 0.410. The average Bonchev–Trinajstić information content (AvgIpc) is 2.92. The van der Waals surface area contributed by atoms with Gasteiger partial charge < -0.3 is 4.98 Å². The van der Waals surface area contributed by atoms with Gasteiger partial charge in [0.15, 0.2) is 0 Å². The normalized spacial score (nSPS) is 15.6. The Bertz CT molecular complexity index is 711. The van der Waals surface area contributed by atoms with Crippen molar-refractivity contribution in [3.8, 4) is 0 Å². The largest absolute Gasteiger partial charge is 0.310 e. The van der Waals surface area contributed by atoms with Gasteiger partial charge in [0.2, 0.25) is 0 Å². The van der Waals surface area contributed by atoms with E-state index in [1.54, 1.807) is 4.52 Å². The molecule has 3 rings (SSSR count). The molecule has 0 amide bonds. The topological polar surface area (TPSA) is 77.8 Å². The summed E-state index contributed by atoms with van der Waals surface area (Å²) < 4.78 is 1.62. The van der Waals surface area contributed by atoms with Crippen molar-refractivity contribution in [3.63, 3.8) is 0 Å². The maximum absolute atomic E-state index is 12.0. The number of nitrogens with one attached hydrogen (secondary N) is 2. The number of amidine groups is 1. The van der Waals surface area contributed by atoms with Gasteiger partial charge in [0, 0.05) is 18.8 Å². The summed E-state index contributed by atoms with van der Waals surface area (Å²) in [6, 6.07) is 0.